The zero-order chi connectivity index (χ0) is 15.8. The topological polar surface area (TPSA) is 70.2 Å². The number of anilines is 1. The fourth-order valence-corrected chi connectivity index (χ4v) is 1.97. The summed E-state index contributed by atoms with van der Waals surface area (Å²) in [5.41, 5.74) is 0.716. The summed E-state index contributed by atoms with van der Waals surface area (Å²) >= 11 is 3.34. The number of hydrogen-bond donors (Lipinski definition) is 3. The molecule has 0 fully saturated rings. The van der Waals surface area contributed by atoms with Gasteiger partial charge in [-0.25, -0.2) is 0 Å². The van der Waals surface area contributed by atoms with Crippen LogP contribution in [0.1, 0.15) is 20.8 Å². The van der Waals surface area contributed by atoms with Gasteiger partial charge in [-0.3, -0.25) is 14.9 Å². The summed E-state index contributed by atoms with van der Waals surface area (Å²) < 4.78 is 0.898. The second-order valence-electron chi connectivity index (χ2n) is 5.30. The first-order chi connectivity index (χ1) is 9.88. The number of halogens is 1. The van der Waals surface area contributed by atoms with Gasteiger partial charge in [0.05, 0.1) is 12.6 Å². The standard InChI is InChI=1S/C15H22BrN3O2/c1-10(2)8-18-15(21)11(3)17-9-14(20)19-13-6-4-5-12(16)7-13/h4-7,10-11,17H,8-9H2,1-3H3,(H,18,21)(H,19,20). The summed E-state index contributed by atoms with van der Waals surface area (Å²) in [6.07, 6.45) is 0. The van der Waals surface area contributed by atoms with Crippen LogP contribution < -0.4 is 16.0 Å². The number of carbonyl (C=O) groups excluding carboxylic acids is 2. The Bertz CT molecular complexity index is 492. The molecular formula is C15H22BrN3O2. The Morgan fingerprint density at radius 1 is 1.24 bits per heavy atom. The van der Waals surface area contributed by atoms with E-state index in [2.05, 4.69) is 31.9 Å². The second kappa shape index (κ2) is 8.79. The van der Waals surface area contributed by atoms with Crippen molar-refractivity contribution in [3.05, 3.63) is 28.7 Å². The normalized spacial score (nSPS) is 12.0. The number of hydrogen-bond acceptors (Lipinski definition) is 3. The number of carbonyl (C=O) groups is 2. The predicted molar refractivity (Wildman–Crippen MR) is 88.1 cm³/mol. The van der Waals surface area contributed by atoms with Gasteiger partial charge in [-0.1, -0.05) is 35.8 Å². The van der Waals surface area contributed by atoms with Crippen LogP contribution in [-0.4, -0.2) is 30.9 Å². The van der Waals surface area contributed by atoms with Gasteiger partial charge in [-0.15, -0.1) is 0 Å². The minimum atomic E-state index is -0.406. The highest BCUT2D eigenvalue weighted by atomic mass is 79.9. The smallest absolute Gasteiger partial charge is 0.238 e. The van der Waals surface area contributed by atoms with E-state index in [-0.39, 0.29) is 18.4 Å². The highest BCUT2D eigenvalue weighted by Crippen LogP contribution is 2.15. The lowest BCUT2D eigenvalue weighted by atomic mass is 10.2. The van der Waals surface area contributed by atoms with Crippen LogP contribution in [-0.2, 0) is 9.59 Å². The molecular weight excluding hydrogens is 334 g/mol. The first-order valence-electron chi connectivity index (χ1n) is 6.95. The molecule has 0 aliphatic rings. The van der Waals surface area contributed by atoms with Gasteiger partial charge in [0, 0.05) is 16.7 Å². The molecule has 0 radical (unpaired) electrons. The Hall–Kier alpha value is -1.40. The molecule has 0 aliphatic heterocycles. The molecule has 2 amide bonds. The molecule has 6 heteroatoms. The third kappa shape index (κ3) is 7.24. The molecule has 0 aromatic heterocycles. The van der Waals surface area contributed by atoms with Crippen LogP contribution in [0.15, 0.2) is 28.7 Å². The van der Waals surface area contributed by atoms with Crippen molar-refractivity contribution in [1.82, 2.24) is 10.6 Å². The Morgan fingerprint density at radius 2 is 1.95 bits per heavy atom. The maximum atomic E-state index is 11.8. The van der Waals surface area contributed by atoms with Crippen LogP contribution in [0.5, 0.6) is 0 Å². The van der Waals surface area contributed by atoms with Crippen LogP contribution in [0.2, 0.25) is 0 Å². The molecule has 116 valence electrons. The Kier molecular flexibility index (Phi) is 7.39. The van der Waals surface area contributed by atoms with Crippen LogP contribution in [0.3, 0.4) is 0 Å². The van der Waals surface area contributed by atoms with E-state index in [1.807, 2.05) is 32.0 Å². The zero-order valence-corrected chi connectivity index (χ0v) is 14.2. The van der Waals surface area contributed by atoms with Crippen molar-refractivity contribution >= 4 is 33.4 Å². The monoisotopic (exact) mass is 355 g/mol. The number of nitrogens with one attached hydrogen (secondary N) is 3. The fourth-order valence-electron chi connectivity index (χ4n) is 1.57. The maximum absolute atomic E-state index is 11.8. The van der Waals surface area contributed by atoms with Crippen molar-refractivity contribution in [2.45, 2.75) is 26.8 Å². The molecule has 0 spiro atoms. The van der Waals surface area contributed by atoms with Crippen molar-refractivity contribution in [2.75, 3.05) is 18.4 Å². The Labute approximate surface area is 134 Å². The number of amides is 2. The lowest BCUT2D eigenvalue weighted by Crippen LogP contribution is -2.45. The van der Waals surface area contributed by atoms with E-state index in [9.17, 15) is 9.59 Å². The fraction of sp³-hybridized carbons (Fsp3) is 0.467. The highest BCUT2D eigenvalue weighted by molar-refractivity contribution is 9.10. The van der Waals surface area contributed by atoms with Crippen molar-refractivity contribution in [3.63, 3.8) is 0 Å². The third-order valence-electron chi connectivity index (χ3n) is 2.76. The Morgan fingerprint density at radius 3 is 2.57 bits per heavy atom. The molecule has 0 aliphatic carbocycles. The van der Waals surface area contributed by atoms with Crippen LogP contribution in [0.25, 0.3) is 0 Å². The summed E-state index contributed by atoms with van der Waals surface area (Å²) in [5, 5.41) is 8.49. The zero-order valence-electron chi connectivity index (χ0n) is 12.6. The lowest BCUT2D eigenvalue weighted by molar-refractivity contribution is -0.123. The predicted octanol–water partition coefficient (Wildman–Crippen LogP) is 2.14. The van der Waals surface area contributed by atoms with E-state index in [1.165, 1.54) is 0 Å². The van der Waals surface area contributed by atoms with Crippen LogP contribution in [0.4, 0.5) is 5.69 Å². The SMILES string of the molecule is CC(C)CNC(=O)C(C)NCC(=O)Nc1cccc(Br)c1. The van der Waals surface area contributed by atoms with Gasteiger partial charge in [0.2, 0.25) is 11.8 Å². The van der Waals surface area contributed by atoms with Gasteiger partial charge in [0.15, 0.2) is 0 Å². The Balaban J connectivity index is 2.33. The van der Waals surface area contributed by atoms with Gasteiger partial charge < -0.3 is 10.6 Å². The first kappa shape index (κ1) is 17.7. The summed E-state index contributed by atoms with van der Waals surface area (Å²) in [4.78, 5) is 23.5. The lowest BCUT2D eigenvalue weighted by Gasteiger charge is -2.15. The van der Waals surface area contributed by atoms with Gasteiger partial charge >= 0.3 is 0 Å². The minimum Gasteiger partial charge on any atom is -0.354 e. The molecule has 0 heterocycles. The summed E-state index contributed by atoms with van der Waals surface area (Å²) in [7, 11) is 0. The largest absolute Gasteiger partial charge is 0.354 e. The van der Waals surface area contributed by atoms with E-state index in [4.69, 9.17) is 0 Å². The third-order valence-corrected chi connectivity index (χ3v) is 3.25. The molecule has 0 bridgehead atoms. The quantitative estimate of drug-likeness (QED) is 0.701. The molecule has 21 heavy (non-hydrogen) atoms. The first-order valence-corrected chi connectivity index (χ1v) is 7.74. The average molecular weight is 356 g/mol. The summed E-state index contributed by atoms with van der Waals surface area (Å²) in [6, 6.07) is 6.94. The van der Waals surface area contributed by atoms with E-state index in [0.717, 1.165) is 4.47 Å². The molecule has 5 nitrogen and oxygen atoms in total. The highest BCUT2D eigenvalue weighted by Gasteiger charge is 2.13. The summed E-state index contributed by atoms with van der Waals surface area (Å²) in [6.45, 7) is 6.52. The van der Waals surface area contributed by atoms with Gasteiger partial charge in [-0.2, -0.15) is 0 Å². The molecule has 1 unspecified atom stereocenters. The van der Waals surface area contributed by atoms with E-state index in [0.29, 0.717) is 18.2 Å². The molecule has 1 atom stereocenters. The number of rotatable bonds is 7. The second-order valence-corrected chi connectivity index (χ2v) is 6.22. The van der Waals surface area contributed by atoms with Crippen molar-refractivity contribution in [1.29, 1.82) is 0 Å². The van der Waals surface area contributed by atoms with Crippen molar-refractivity contribution in [2.24, 2.45) is 5.92 Å². The van der Waals surface area contributed by atoms with Crippen LogP contribution >= 0.6 is 15.9 Å². The van der Waals surface area contributed by atoms with Gasteiger partial charge in [0.1, 0.15) is 0 Å². The van der Waals surface area contributed by atoms with Gasteiger partial charge in [0.25, 0.3) is 0 Å². The van der Waals surface area contributed by atoms with Crippen molar-refractivity contribution < 1.29 is 9.59 Å². The molecule has 3 N–H and O–H groups in total. The maximum Gasteiger partial charge on any atom is 0.238 e. The van der Waals surface area contributed by atoms with E-state index < -0.39 is 6.04 Å². The molecule has 1 aromatic carbocycles. The van der Waals surface area contributed by atoms with Gasteiger partial charge in [-0.05, 0) is 31.0 Å². The van der Waals surface area contributed by atoms with Crippen LogP contribution in [0, 0.1) is 5.92 Å². The number of benzene rings is 1. The molecule has 0 saturated heterocycles. The minimum absolute atomic E-state index is 0.0861. The molecule has 1 aromatic rings. The van der Waals surface area contributed by atoms with E-state index >= 15 is 0 Å². The average Bonchev–Trinajstić information content (AvgIpc) is 2.42. The van der Waals surface area contributed by atoms with E-state index in [1.54, 1.807) is 13.0 Å². The molecule has 1 rings (SSSR count). The summed E-state index contributed by atoms with van der Waals surface area (Å²) in [5.74, 6) is 0.122. The van der Waals surface area contributed by atoms with Crippen molar-refractivity contribution in [3.8, 4) is 0 Å². The molecule has 0 saturated carbocycles.